The Morgan fingerprint density at radius 3 is 2.95 bits per heavy atom. The highest BCUT2D eigenvalue weighted by Crippen LogP contribution is 2.32. The average Bonchev–Trinajstić information content (AvgIpc) is 3.11. The van der Waals surface area contributed by atoms with Crippen molar-refractivity contribution in [1.82, 2.24) is 0 Å². The molecular formula is C15H14BNO4. The van der Waals surface area contributed by atoms with Crippen molar-refractivity contribution in [3.8, 4) is 11.5 Å². The van der Waals surface area contributed by atoms with Crippen LogP contribution in [0, 0.1) is 0 Å². The van der Waals surface area contributed by atoms with Crippen LogP contribution in [0.15, 0.2) is 36.4 Å². The topological polar surface area (TPSA) is 60.0 Å². The molecule has 21 heavy (non-hydrogen) atoms. The molecule has 0 unspecified atom stereocenters. The molecule has 4 rings (SSSR count). The summed E-state index contributed by atoms with van der Waals surface area (Å²) < 4.78 is 15.8. The monoisotopic (exact) mass is 283 g/mol. The minimum atomic E-state index is -0.813. The number of hydrogen-bond acceptors (Lipinski definition) is 5. The van der Waals surface area contributed by atoms with E-state index in [-0.39, 0.29) is 6.79 Å². The molecule has 2 aromatic carbocycles. The lowest BCUT2D eigenvalue weighted by Crippen LogP contribution is -2.28. The first-order valence-electron chi connectivity index (χ1n) is 6.84. The van der Waals surface area contributed by atoms with Crippen LogP contribution in [-0.2, 0) is 17.8 Å². The van der Waals surface area contributed by atoms with Gasteiger partial charge in [-0.2, -0.15) is 0 Å². The van der Waals surface area contributed by atoms with Gasteiger partial charge in [0.2, 0.25) is 6.79 Å². The van der Waals surface area contributed by atoms with Gasteiger partial charge in [0, 0.05) is 12.2 Å². The van der Waals surface area contributed by atoms with Crippen LogP contribution in [0.3, 0.4) is 0 Å². The Balaban J connectivity index is 1.48. The zero-order chi connectivity index (χ0) is 14.2. The fourth-order valence-electron chi connectivity index (χ4n) is 2.58. The third kappa shape index (κ3) is 2.32. The van der Waals surface area contributed by atoms with Gasteiger partial charge in [0.15, 0.2) is 11.5 Å². The Morgan fingerprint density at radius 1 is 1.10 bits per heavy atom. The van der Waals surface area contributed by atoms with E-state index in [1.165, 1.54) is 0 Å². The third-order valence-electron chi connectivity index (χ3n) is 3.74. The van der Waals surface area contributed by atoms with Crippen molar-refractivity contribution in [3.63, 3.8) is 0 Å². The maximum absolute atomic E-state index is 9.72. The van der Waals surface area contributed by atoms with Crippen molar-refractivity contribution in [1.29, 1.82) is 0 Å². The predicted molar refractivity (Wildman–Crippen MR) is 78.7 cm³/mol. The van der Waals surface area contributed by atoms with Gasteiger partial charge in [-0.1, -0.05) is 12.1 Å². The molecule has 2 aliphatic rings. The molecule has 0 spiro atoms. The number of ether oxygens (including phenoxy) is 2. The van der Waals surface area contributed by atoms with Crippen LogP contribution in [0.1, 0.15) is 11.1 Å². The van der Waals surface area contributed by atoms with Crippen LogP contribution in [0.5, 0.6) is 11.5 Å². The summed E-state index contributed by atoms with van der Waals surface area (Å²) in [5.41, 5.74) is 3.94. The lowest BCUT2D eigenvalue weighted by Gasteiger charge is -2.09. The Bertz CT molecular complexity index is 691. The summed E-state index contributed by atoms with van der Waals surface area (Å²) in [4.78, 5) is 0. The van der Waals surface area contributed by atoms with Gasteiger partial charge in [-0.15, -0.1) is 0 Å². The highest BCUT2D eigenvalue weighted by Gasteiger charge is 2.27. The first-order chi connectivity index (χ1) is 10.3. The van der Waals surface area contributed by atoms with E-state index >= 15 is 0 Å². The van der Waals surface area contributed by atoms with E-state index in [1.54, 1.807) is 0 Å². The molecule has 0 saturated heterocycles. The van der Waals surface area contributed by atoms with Crippen LogP contribution < -0.4 is 20.3 Å². The van der Waals surface area contributed by atoms with Crippen LogP contribution in [0.25, 0.3) is 0 Å². The second-order valence-electron chi connectivity index (χ2n) is 5.12. The lowest BCUT2D eigenvalue weighted by molar-refractivity contribution is 0.174. The smallest absolute Gasteiger partial charge is 0.454 e. The van der Waals surface area contributed by atoms with Crippen molar-refractivity contribution >= 4 is 18.3 Å². The molecule has 2 heterocycles. The molecule has 0 saturated carbocycles. The maximum Gasteiger partial charge on any atom is 0.491 e. The molecule has 0 aliphatic carbocycles. The zero-order valence-corrected chi connectivity index (χ0v) is 11.3. The van der Waals surface area contributed by atoms with Crippen LogP contribution in [-0.4, -0.2) is 18.9 Å². The van der Waals surface area contributed by atoms with Crippen molar-refractivity contribution in [2.24, 2.45) is 0 Å². The zero-order valence-electron chi connectivity index (χ0n) is 11.3. The molecule has 6 heteroatoms. The number of rotatable bonds is 3. The fourth-order valence-corrected chi connectivity index (χ4v) is 2.58. The molecule has 5 nitrogen and oxygen atoms in total. The Morgan fingerprint density at radius 2 is 2.00 bits per heavy atom. The summed E-state index contributed by atoms with van der Waals surface area (Å²) in [6, 6.07) is 11.8. The molecular weight excluding hydrogens is 269 g/mol. The van der Waals surface area contributed by atoms with Gasteiger partial charge in [0.05, 0.1) is 6.61 Å². The molecule has 0 fully saturated rings. The van der Waals surface area contributed by atoms with Gasteiger partial charge in [0.1, 0.15) is 0 Å². The highest BCUT2D eigenvalue weighted by molar-refractivity contribution is 6.61. The molecule has 2 aromatic rings. The van der Waals surface area contributed by atoms with Crippen molar-refractivity contribution in [3.05, 3.63) is 47.5 Å². The first kappa shape index (κ1) is 12.6. The van der Waals surface area contributed by atoms with Crippen LogP contribution >= 0.6 is 0 Å². The van der Waals surface area contributed by atoms with Crippen LogP contribution in [0.4, 0.5) is 5.69 Å². The molecule has 2 N–H and O–H groups in total. The largest absolute Gasteiger partial charge is 0.491 e. The normalized spacial score (nSPS) is 15.2. The van der Waals surface area contributed by atoms with Crippen molar-refractivity contribution in [2.75, 3.05) is 12.1 Å². The molecule has 0 aromatic heterocycles. The number of fused-ring (bicyclic) bond motifs is 2. The van der Waals surface area contributed by atoms with E-state index < -0.39 is 7.12 Å². The van der Waals surface area contributed by atoms with Crippen molar-refractivity contribution in [2.45, 2.75) is 13.2 Å². The van der Waals surface area contributed by atoms with Gasteiger partial charge >= 0.3 is 7.12 Å². The van der Waals surface area contributed by atoms with Crippen LogP contribution in [0.2, 0.25) is 0 Å². The second kappa shape index (κ2) is 4.98. The number of hydrogen-bond donors (Lipinski definition) is 2. The number of nitrogens with one attached hydrogen (secondary N) is 1. The number of anilines is 1. The highest BCUT2D eigenvalue weighted by atomic mass is 16.7. The standard InChI is InChI=1S/C15H14BNO4/c18-16-13-6-12(3-2-11(13)8-21-16)17-7-10-1-4-14-15(5-10)20-9-19-14/h1-6,17-18H,7-9H2. The Kier molecular flexibility index (Phi) is 2.98. The molecule has 2 aliphatic heterocycles. The van der Waals surface area contributed by atoms with E-state index in [9.17, 15) is 5.02 Å². The molecule has 0 radical (unpaired) electrons. The summed E-state index contributed by atoms with van der Waals surface area (Å²) in [6.07, 6.45) is 0. The third-order valence-corrected chi connectivity index (χ3v) is 3.74. The fraction of sp³-hybridized carbons (Fsp3) is 0.200. The van der Waals surface area contributed by atoms with Gasteiger partial charge in [0.25, 0.3) is 0 Å². The van der Waals surface area contributed by atoms with E-state index in [0.29, 0.717) is 13.2 Å². The van der Waals surface area contributed by atoms with Gasteiger partial charge in [-0.3, -0.25) is 0 Å². The van der Waals surface area contributed by atoms with Gasteiger partial charge in [-0.25, -0.2) is 0 Å². The van der Waals surface area contributed by atoms with E-state index in [0.717, 1.165) is 33.8 Å². The summed E-state index contributed by atoms with van der Waals surface area (Å²) >= 11 is 0. The molecule has 106 valence electrons. The Hall–Kier alpha value is -2.18. The molecule has 0 bridgehead atoms. The second-order valence-corrected chi connectivity index (χ2v) is 5.12. The quantitative estimate of drug-likeness (QED) is 0.830. The van der Waals surface area contributed by atoms with E-state index in [2.05, 4.69) is 5.32 Å². The average molecular weight is 283 g/mol. The SMILES string of the molecule is OB1OCc2ccc(NCc3ccc4c(c3)OCO4)cc21. The summed E-state index contributed by atoms with van der Waals surface area (Å²) in [7, 11) is -0.813. The minimum Gasteiger partial charge on any atom is -0.454 e. The van der Waals surface area contributed by atoms with E-state index in [4.69, 9.17) is 14.1 Å². The molecule has 0 amide bonds. The summed E-state index contributed by atoms with van der Waals surface area (Å²) in [5.74, 6) is 1.57. The summed E-state index contributed by atoms with van der Waals surface area (Å²) in [6.45, 7) is 1.43. The van der Waals surface area contributed by atoms with Gasteiger partial charge in [-0.05, 0) is 40.9 Å². The van der Waals surface area contributed by atoms with Crippen molar-refractivity contribution < 1.29 is 19.2 Å². The minimum absolute atomic E-state index is 0.287. The van der Waals surface area contributed by atoms with Gasteiger partial charge < -0.3 is 24.5 Å². The summed E-state index contributed by atoms with van der Waals surface area (Å²) in [5, 5.41) is 13.1. The molecule has 0 atom stereocenters. The Labute approximate surface area is 122 Å². The first-order valence-corrected chi connectivity index (χ1v) is 6.84. The number of benzene rings is 2. The predicted octanol–water partition coefficient (Wildman–Crippen LogP) is 1.25. The lowest BCUT2D eigenvalue weighted by atomic mass is 9.79. The maximum atomic E-state index is 9.72. The van der Waals surface area contributed by atoms with E-state index in [1.807, 2.05) is 36.4 Å².